The summed E-state index contributed by atoms with van der Waals surface area (Å²) in [6, 6.07) is 53.7. The zero-order valence-electron chi connectivity index (χ0n) is 32.3. The van der Waals surface area contributed by atoms with E-state index >= 15 is 0 Å². The molecule has 1 spiro atoms. The van der Waals surface area contributed by atoms with E-state index in [-0.39, 0.29) is 16.2 Å². The zero-order valence-corrected chi connectivity index (χ0v) is 32.3. The molecule has 4 fully saturated rings. The minimum Gasteiger partial charge on any atom is -0.310 e. The lowest BCUT2D eigenvalue weighted by atomic mass is 9.59. The van der Waals surface area contributed by atoms with Gasteiger partial charge in [-0.15, -0.1) is 0 Å². The van der Waals surface area contributed by atoms with Gasteiger partial charge in [0, 0.05) is 22.4 Å². The summed E-state index contributed by atoms with van der Waals surface area (Å²) >= 11 is 0. The molecule has 1 nitrogen and oxygen atoms in total. The number of hydrogen-bond donors (Lipinski definition) is 0. The first-order valence-corrected chi connectivity index (χ1v) is 20.7. The van der Waals surface area contributed by atoms with E-state index in [1.807, 2.05) is 0 Å². The Morgan fingerprint density at radius 2 is 1.11 bits per heavy atom. The van der Waals surface area contributed by atoms with Crippen molar-refractivity contribution in [2.24, 2.45) is 23.7 Å². The van der Waals surface area contributed by atoms with Crippen molar-refractivity contribution in [1.29, 1.82) is 0 Å². The Morgan fingerprint density at radius 3 is 1.83 bits per heavy atom. The Hall–Kier alpha value is -4.88. The average molecular weight is 702 g/mol. The zero-order chi connectivity index (χ0) is 36.4. The molecule has 12 rings (SSSR count). The predicted molar refractivity (Wildman–Crippen MR) is 226 cm³/mol. The van der Waals surface area contributed by atoms with Gasteiger partial charge in [0.05, 0.1) is 5.69 Å². The highest BCUT2D eigenvalue weighted by Crippen LogP contribution is 2.74. The molecular formula is C53H51N. The highest BCUT2D eigenvalue weighted by atomic mass is 15.1. The van der Waals surface area contributed by atoms with Crippen molar-refractivity contribution in [3.05, 3.63) is 162 Å². The van der Waals surface area contributed by atoms with Gasteiger partial charge in [0.25, 0.3) is 0 Å². The summed E-state index contributed by atoms with van der Waals surface area (Å²) in [5.74, 6) is 3.21. The van der Waals surface area contributed by atoms with Crippen molar-refractivity contribution >= 4 is 17.1 Å². The lowest BCUT2D eigenvalue weighted by Gasteiger charge is -2.44. The van der Waals surface area contributed by atoms with Gasteiger partial charge in [0.1, 0.15) is 0 Å². The van der Waals surface area contributed by atoms with Gasteiger partial charge >= 0.3 is 0 Å². The molecular weight excluding hydrogens is 651 g/mol. The van der Waals surface area contributed by atoms with Gasteiger partial charge in [-0.05, 0) is 159 Å². The monoisotopic (exact) mass is 701 g/mol. The van der Waals surface area contributed by atoms with E-state index in [4.69, 9.17) is 0 Å². The summed E-state index contributed by atoms with van der Waals surface area (Å²) in [6.07, 6.45) is 8.01. The van der Waals surface area contributed by atoms with Crippen LogP contribution in [0.3, 0.4) is 0 Å². The number of nitrogens with zero attached hydrogens (tertiary/aromatic N) is 1. The van der Waals surface area contributed by atoms with Gasteiger partial charge < -0.3 is 4.90 Å². The van der Waals surface area contributed by atoms with Crippen LogP contribution in [0.25, 0.3) is 33.4 Å². The van der Waals surface area contributed by atoms with Crippen LogP contribution < -0.4 is 4.90 Å². The van der Waals surface area contributed by atoms with E-state index in [1.54, 1.807) is 11.1 Å². The van der Waals surface area contributed by atoms with E-state index in [0.29, 0.717) is 5.92 Å². The highest BCUT2D eigenvalue weighted by molar-refractivity contribution is 5.98. The Morgan fingerprint density at radius 1 is 0.481 bits per heavy atom. The van der Waals surface area contributed by atoms with Crippen LogP contribution in [0.1, 0.15) is 88.5 Å². The molecule has 1 heteroatoms. The fraction of sp³-hybridized carbons (Fsp3) is 0.321. The summed E-state index contributed by atoms with van der Waals surface area (Å²) in [5, 5.41) is 0. The fourth-order valence-corrected chi connectivity index (χ4v) is 12.6. The first-order chi connectivity index (χ1) is 26.2. The maximum Gasteiger partial charge on any atom is 0.0549 e. The normalized spacial score (nSPS) is 26.1. The molecule has 0 N–H and O–H groups in total. The van der Waals surface area contributed by atoms with Gasteiger partial charge in [-0.2, -0.15) is 0 Å². The quantitative estimate of drug-likeness (QED) is 0.173. The summed E-state index contributed by atoms with van der Waals surface area (Å²) in [6.45, 7) is 9.80. The summed E-state index contributed by atoms with van der Waals surface area (Å²) in [5.41, 5.74) is 18.4. The van der Waals surface area contributed by atoms with E-state index in [2.05, 4.69) is 172 Å². The van der Waals surface area contributed by atoms with Crippen LogP contribution in [0, 0.1) is 23.7 Å². The molecule has 0 heterocycles. The predicted octanol–water partition coefficient (Wildman–Crippen LogP) is 14.2. The molecule has 268 valence electrons. The molecule has 0 amide bonds. The molecule has 0 aliphatic heterocycles. The van der Waals surface area contributed by atoms with Crippen LogP contribution in [-0.4, -0.2) is 0 Å². The molecule has 0 radical (unpaired) electrons. The third-order valence-electron chi connectivity index (χ3n) is 15.1. The topological polar surface area (TPSA) is 3.24 Å². The van der Waals surface area contributed by atoms with Gasteiger partial charge in [0.2, 0.25) is 0 Å². The van der Waals surface area contributed by atoms with Crippen molar-refractivity contribution in [2.75, 3.05) is 4.90 Å². The number of hydrogen-bond acceptors (Lipinski definition) is 1. The first kappa shape index (κ1) is 32.5. The molecule has 5 atom stereocenters. The first-order valence-electron chi connectivity index (χ1n) is 20.7. The van der Waals surface area contributed by atoms with Gasteiger partial charge in [-0.25, -0.2) is 0 Å². The molecule has 4 saturated carbocycles. The maximum atomic E-state index is 2.65. The lowest BCUT2D eigenvalue weighted by molar-refractivity contribution is 0.191. The molecule has 6 aromatic carbocycles. The maximum absolute atomic E-state index is 2.65. The Kier molecular flexibility index (Phi) is 6.97. The average Bonchev–Trinajstić information content (AvgIpc) is 3.75. The molecule has 0 saturated heterocycles. The van der Waals surface area contributed by atoms with Crippen LogP contribution in [-0.2, 0) is 16.2 Å². The van der Waals surface area contributed by atoms with Gasteiger partial charge in [-0.1, -0.05) is 131 Å². The second kappa shape index (κ2) is 11.6. The van der Waals surface area contributed by atoms with Crippen LogP contribution in [0.4, 0.5) is 17.1 Å². The van der Waals surface area contributed by atoms with Crippen LogP contribution in [0.15, 0.2) is 140 Å². The van der Waals surface area contributed by atoms with E-state index in [1.165, 1.54) is 100 Å². The second-order valence-electron chi connectivity index (χ2n) is 18.8. The number of fused-ring (bicyclic) bond motifs is 4. The SMILES string of the molecule is CC1(C)CCC(C)(C)c2cc(N(c3ccc(-c4ccccc4)cc3)c3cc(-c4ccccc4)cc4c3-c3ccccc3C43C4CC5CC(C4)C3C5)ccc21. The third kappa shape index (κ3) is 4.57. The van der Waals surface area contributed by atoms with Crippen molar-refractivity contribution < 1.29 is 0 Å². The molecule has 4 bridgehead atoms. The Bertz CT molecular complexity index is 2410. The van der Waals surface area contributed by atoms with Gasteiger partial charge in [0.15, 0.2) is 0 Å². The van der Waals surface area contributed by atoms with Crippen LogP contribution in [0.2, 0.25) is 0 Å². The van der Waals surface area contributed by atoms with E-state index < -0.39 is 0 Å². The van der Waals surface area contributed by atoms with Crippen molar-refractivity contribution in [3.8, 4) is 33.4 Å². The minimum absolute atomic E-state index is 0.0911. The highest BCUT2D eigenvalue weighted by Gasteiger charge is 2.66. The third-order valence-corrected chi connectivity index (χ3v) is 15.1. The fourth-order valence-electron chi connectivity index (χ4n) is 12.6. The van der Waals surface area contributed by atoms with Crippen molar-refractivity contribution in [3.63, 3.8) is 0 Å². The molecule has 6 aliphatic carbocycles. The van der Waals surface area contributed by atoms with Crippen molar-refractivity contribution in [1.82, 2.24) is 0 Å². The molecule has 0 aromatic heterocycles. The lowest BCUT2D eigenvalue weighted by Crippen LogP contribution is -2.40. The number of rotatable bonds is 5. The van der Waals surface area contributed by atoms with Crippen LogP contribution >= 0.6 is 0 Å². The van der Waals surface area contributed by atoms with E-state index in [9.17, 15) is 0 Å². The standard InChI is InChI=1S/C53H51N/c1-51(2)25-26-52(3,4)47-33-42(23-24-45(47)51)54(41-21-19-37(20-22-41)35-13-7-5-8-14-35)49-32-38(36-15-9-6-10-16-36)31-48-50(49)43-17-11-12-18-44(43)53(48)40-28-34-27-39(30-40)46(53)29-34/h5-24,31-34,39-40,46H,25-30H2,1-4H3. The van der Waals surface area contributed by atoms with E-state index in [0.717, 1.165) is 17.8 Å². The second-order valence-corrected chi connectivity index (χ2v) is 18.8. The van der Waals surface area contributed by atoms with Gasteiger partial charge in [-0.3, -0.25) is 0 Å². The number of benzene rings is 6. The number of anilines is 3. The van der Waals surface area contributed by atoms with Crippen molar-refractivity contribution in [2.45, 2.75) is 82.5 Å². The minimum atomic E-state index is 0.0911. The largest absolute Gasteiger partial charge is 0.310 e. The molecule has 6 aliphatic rings. The smallest absolute Gasteiger partial charge is 0.0549 e. The Labute approximate surface area is 322 Å². The van der Waals surface area contributed by atoms with Crippen LogP contribution in [0.5, 0.6) is 0 Å². The molecule has 5 unspecified atom stereocenters. The summed E-state index contributed by atoms with van der Waals surface area (Å²) in [7, 11) is 0. The summed E-state index contributed by atoms with van der Waals surface area (Å²) < 4.78 is 0. The molecule has 6 aromatic rings. The summed E-state index contributed by atoms with van der Waals surface area (Å²) in [4.78, 5) is 2.64. The Balaban J connectivity index is 1.21. The molecule has 54 heavy (non-hydrogen) atoms.